The molecule has 1 fully saturated rings. The molecule has 1 aliphatic heterocycles. The quantitative estimate of drug-likeness (QED) is 0.479. The molecule has 0 radical (unpaired) electrons. The summed E-state index contributed by atoms with van der Waals surface area (Å²) < 4.78 is 16.0. The first-order valence-corrected chi connectivity index (χ1v) is 11.2. The number of allylic oxidation sites excluding steroid dienone is 4. The summed E-state index contributed by atoms with van der Waals surface area (Å²) in [6.07, 6.45) is 15.0. The van der Waals surface area contributed by atoms with Crippen molar-refractivity contribution in [2.75, 3.05) is 18.0 Å². The number of rotatable bonds is 3. The summed E-state index contributed by atoms with van der Waals surface area (Å²) in [6.45, 7) is 4.12. The van der Waals surface area contributed by atoms with E-state index in [1.807, 2.05) is 30.7 Å². The van der Waals surface area contributed by atoms with Crippen molar-refractivity contribution < 1.29 is 4.39 Å². The minimum absolute atomic E-state index is 0.191. The summed E-state index contributed by atoms with van der Waals surface area (Å²) >= 11 is 0. The van der Waals surface area contributed by atoms with Crippen LogP contribution in [0.1, 0.15) is 38.3 Å². The maximum absolute atomic E-state index is 13.8. The first kappa shape index (κ1) is 19.2. The molecule has 1 N–H and O–H groups in total. The fourth-order valence-corrected chi connectivity index (χ4v) is 4.94. The van der Waals surface area contributed by atoms with Gasteiger partial charge >= 0.3 is 0 Å². The van der Waals surface area contributed by atoms with E-state index in [9.17, 15) is 4.39 Å². The van der Waals surface area contributed by atoms with E-state index in [0.29, 0.717) is 6.42 Å². The maximum atomic E-state index is 13.8. The monoisotopic (exact) mass is 428 g/mol. The molecule has 0 bridgehead atoms. The largest absolute Gasteiger partial charge is 0.354 e. The molecule has 6 nitrogen and oxygen atoms in total. The predicted molar refractivity (Wildman–Crippen MR) is 124 cm³/mol. The van der Waals surface area contributed by atoms with Gasteiger partial charge in [0.15, 0.2) is 11.5 Å². The number of H-pyrrole nitrogens is 1. The highest BCUT2D eigenvalue weighted by Crippen LogP contribution is 2.41. The number of hydrogen-bond donors (Lipinski definition) is 1. The number of aromatic amines is 1. The average molecular weight is 429 g/mol. The number of benzene rings is 1. The lowest BCUT2D eigenvalue weighted by atomic mass is 9.79. The Bertz CT molecular complexity index is 1370. The van der Waals surface area contributed by atoms with E-state index < -0.39 is 5.41 Å². The molecule has 1 unspecified atom stereocenters. The van der Waals surface area contributed by atoms with Gasteiger partial charge in [-0.3, -0.25) is 9.50 Å². The molecule has 0 spiro atoms. The van der Waals surface area contributed by atoms with E-state index in [-0.39, 0.29) is 5.83 Å². The summed E-state index contributed by atoms with van der Waals surface area (Å²) in [4.78, 5) is 12.3. The fourth-order valence-electron chi connectivity index (χ4n) is 4.94. The Morgan fingerprint density at radius 1 is 1.16 bits per heavy atom. The van der Waals surface area contributed by atoms with Crippen LogP contribution in [-0.4, -0.2) is 37.7 Å². The second kappa shape index (κ2) is 7.29. The highest BCUT2D eigenvalue weighted by atomic mass is 19.1. The van der Waals surface area contributed by atoms with Crippen LogP contribution in [0.5, 0.6) is 0 Å². The minimum Gasteiger partial charge on any atom is -0.354 e. The van der Waals surface area contributed by atoms with E-state index in [0.717, 1.165) is 52.4 Å². The Hall–Kier alpha value is -3.48. The molecule has 0 saturated carbocycles. The number of halogens is 1. The first-order valence-electron chi connectivity index (χ1n) is 11.2. The van der Waals surface area contributed by atoms with E-state index in [1.54, 1.807) is 12.2 Å². The number of piperidine rings is 1. The molecular weight excluding hydrogens is 403 g/mol. The van der Waals surface area contributed by atoms with Gasteiger partial charge < -0.3 is 4.90 Å². The summed E-state index contributed by atoms with van der Waals surface area (Å²) in [5.74, 6) is 0.734. The number of fused-ring (bicyclic) bond motifs is 2. The molecule has 4 aromatic rings. The van der Waals surface area contributed by atoms with Gasteiger partial charge in [-0.15, -0.1) is 0 Å². The molecule has 3 aromatic heterocycles. The molecule has 4 heterocycles. The maximum Gasteiger partial charge on any atom is 0.181 e. The van der Waals surface area contributed by atoms with Crippen LogP contribution in [0.25, 0.3) is 27.8 Å². The van der Waals surface area contributed by atoms with Crippen LogP contribution >= 0.6 is 0 Å². The molecule has 0 amide bonds. The zero-order valence-corrected chi connectivity index (χ0v) is 18.1. The van der Waals surface area contributed by atoms with Gasteiger partial charge in [0.05, 0.1) is 23.1 Å². The van der Waals surface area contributed by atoms with Crippen molar-refractivity contribution in [3.63, 3.8) is 0 Å². The standard InChI is InChI=1S/C25H25FN6/c1-25(9-7-19(26)8-10-25)22-21(17-5-6-20-18(15-17)16-28-30-20)32-14-11-27-23(24(32)29-22)31-12-3-2-4-13-31/h5-9,11,14-16H,2-4,10,12-13H2,1H3,(H,28,30). The van der Waals surface area contributed by atoms with Crippen LogP contribution in [0.15, 0.2) is 60.8 Å². The van der Waals surface area contributed by atoms with E-state index >= 15 is 0 Å². The van der Waals surface area contributed by atoms with Crippen LogP contribution < -0.4 is 4.90 Å². The van der Waals surface area contributed by atoms with Gasteiger partial charge in [0.2, 0.25) is 0 Å². The highest BCUT2D eigenvalue weighted by molar-refractivity contribution is 5.85. The number of nitrogens with zero attached hydrogens (tertiary/aromatic N) is 5. The fraction of sp³-hybridized carbons (Fsp3) is 0.320. The van der Waals surface area contributed by atoms with Gasteiger partial charge in [-0.05, 0) is 50.0 Å². The van der Waals surface area contributed by atoms with Crippen molar-refractivity contribution in [2.24, 2.45) is 0 Å². The Balaban J connectivity index is 1.60. The zero-order valence-electron chi connectivity index (χ0n) is 18.1. The second-order valence-corrected chi connectivity index (χ2v) is 9.02. The smallest absolute Gasteiger partial charge is 0.181 e. The number of imidazole rings is 1. The lowest BCUT2D eigenvalue weighted by Crippen LogP contribution is -2.30. The SMILES string of the molecule is CC1(c2nc3c(N4CCCCC4)nccn3c2-c2ccc3[nH]ncc3c2)C=CC(F)=CC1. The topological polar surface area (TPSA) is 62.1 Å². The Labute approximate surface area is 185 Å². The predicted octanol–water partition coefficient (Wildman–Crippen LogP) is 5.33. The molecule has 1 aromatic carbocycles. The molecule has 1 aliphatic carbocycles. The molecule has 6 rings (SSSR count). The van der Waals surface area contributed by atoms with Gasteiger partial charge in [0.25, 0.3) is 0 Å². The van der Waals surface area contributed by atoms with Crippen LogP contribution in [0.2, 0.25) is 0 Å². The Kier molecular flexibility index (Phi) is 4.38. The highest BCUT2D eigenvalue weighted by Gasteiger charge is 2.33. The van der Waals surface area contributed by atoms with Crippen molar-refractivity contribution in [1.82, 2.24) is 24.6 Å². The summed E-state index contributed by atoms with van der Waals surface area (Å²) in [5.41, 5.74) is 4.45. The molecular formula is C25H25FN6. The number of aromatic nitrogens is 5. The van der Waals surface area contributed by atoms with Crippen molar-refractivity contribution in [1.29, 1.82) is 0 Å². The number of anilines is 1. The van der Waals surface area contributed by atoms with Crippen LogP contribution in [0.3, 0.4) is 0 Å². The normalized spacial score (nSPS) is 21.4. The van der Waals surface area contributed by atoms with Gasteiger partial charge in [-0.2, -0.15) is 5.10 Å². The summed E-state index contributed by atoms with van der Waals surface area (Å²) in [5, 5.41) is 8.24. The molecule has 1 atom stereocenters. The van der Waals surface area contributed by atoms with E-state index in [1.165, 1.54) is 19.3 Å². The summed E-state index contributed by atoms with van der Waals surface area (Å²) in [6, 6.07) is 6.28. The zero-order chi connectivity index (χ0) is 21.7. The number of hydrogen-bond acceptors (Lipinski definition) is 4. The van der Waals surface area contributed by atoms with Gasteiger partial charge in [0, 0.05) is 41.8 Å². The van der Waals surface area contributed by atoms with E-state index in [2.05, 4.69) is 38.6 Å². The van der Waals surface area contributed by atoms with Crippen molar-refractivity contribution in [3.05, 3.63) is 66.5 Å². The van der Waals surface area contributed by atoms with E-state index in [4.69, 9.17) is 9.97 Å². The first-order chi connectivity index (χ1) is 15.6. The number of nitrogens with one attached hydrogen (secondary N) is 1. The van der Waals surface area contributed by atoms with Crippen LogP contribution in [0.4, 0.5) is 10.2 Å². The van der Waals surface area contributed by atoms with Gasteiger partial charge in [-0.1, -0.05) is 19.1 Å². The van der Waals surface area contributed by atoms with Crippen molar-refractivity contribution >= 4 is 22.4 Å². The third kappa shape index (κ3) is 3.03. The van der Waals surface area contributed by atoms with Crippen LogP contribution in [-0.2, 0) is 5.41 Å². The van der Waals surface area contributed by atoms with Gasteiger partial charge in [0.1, 0.15) is 5.83 Å². The Morgan fingerprint density at radius 3 is 2.84 bits per heavy atom. The van der Waals surface area contributed by atoms with Crippen molar-refractivity contribution in [2.45, 2.75) is 38.0 Å². The molecule has 32 heavy (non-hydrogen) atoms. The lowest BCUT2D eigenvalue weighted by Gasteiger charge is -2.27. The third-order valence-corrected chi connectivity index (χ3v) is 6.77. The lowest BCUT2D eigenvalue weighted by molar-refractivity contribution is 0.553. The molecule has 162 valence electrons. The average Bonchev–Trinajstić information content (AvgIpc) is 3.46. The molecule has 7 heteroatoms. The van der Waals surface area contributed by atoms with Crippen LogP contribution in [0, 0.1) is 0 Å². The summed E-state index contributed by atoms with van der Waals surface area (Å²) in [7, 11) is 0. The van der Waals surface area contributed by atoms with Gasteiger partial charge in [-0.25, -0.2) is 14.4 Å². The molecule has 2 aliphatic rings. The second-order valence-electron chi connectivity index (χ2n) is 9.02. The van der Waals surface area contributed by atoms with Crippen molar-refractivity contribution in [3.8, 4) is 11.3 Å². The molecule has 1 saturated heterocycles. The third-order valence-electron chi connectivity index (χ3n) is 6.77. The minimum atomic E-state index is -0.415. The Morgan fingerprint density at radius 2 is 2.03 bits per heavy atom.